The van der Waals surface area contributed by atoms with E-state index in [2.05, 4.69) is 162 Å². The maximum atomic E-state index is 2.87. The molecular weight excluding hydrogens is 649 g/mol. The fraction of sp³-hybridized carbons (Fsp3) is 0.351. The van der Waals surface area contributed by atoms with Gasteiger partial charge in [0.25, 0.3) is 0 Å². The minimum atomic E-state index is -2.65. The molecule has 221 valence electrons. The van der Waals surface area contributed by atoms with E-state index in [1.807, 2.05) is 0 Å². The Morgan fingerprint density at radius 2 is 0.905 bits per heavy atom. The Hall–Kier alpha value is -1.48. The fourth-order valence-electron chi connectivity index (χ4n) is 6.45. The van der Waals surface area contributed by atoms with Gasteiger partial charge in [0.15, 0.2) is 0 Å². The number of hydrogen-bond acceptors (Lipinski definition) is 1. The Morgan fingerprint density at radius 1 is 0.548 bits per heavy atom. The van der Waals surface area contributed by atoms with Crippen LogP contribution >= 0.6 is 24.8 Å². The second-order valence-corrected chi connectivity index (χ2v) is 20.5. The Balaban J connectivity index is 0.00000242. The standard InChI is InChI=1S/C37H44NSi.2ClH.Zr/c1-35(2,3)26-20-22-30-31-23-21-27(36(4,5)6)25-33(31)34(32(30)24-26)39(38-37(7,8)9,28-16-12-10-13-17-28)29-18-14-11-15-19-29;;;/h10-25,34H,1-9H3;2*1H;/q-1;;;+1. The molecule has 0 unspecified atom stereocenters. The topological polar surface area (TPSA) is 3.24 Å². The number of hydrogen-bond donors (Lipinski definition) is 0. The fourth-order valence-corrected chi connectivity index (χ4v) is 14.9. The summed E-state index contributed by atoms with van der Waals surface area (Å²) in [6, 6.07) is 37.7. The first-order chi connectivity index (χ1) is 18.7. The van der Waals surface area contributed by atoms with Crippen molar-refractivity contribution in [3.63, 3.8) is 0 Å². The Labute approximate surface area is 283 Å². The molecule has 0 heterocycles. The van der Waals surface area contributed by atoms with Gasteiger partial charge in [0.1, 0.15) is 0 Å². The number of halogens is 2. The van der Waals surface area contributed by atoms with E-state index >= 15 is 0 Å². The predicted octanol–water partition coefficient (Wildman–Crippen LogP) is 9.10. The van der Waals surface area contributed by atoms with Crippen LogP contribution < -0.4 is 10.4 Å². The maximum Gasteiger partial charge on any atom is -0.147 e. The smallest absolute Gasteiger partial charge is 0.147 e. The van der Waals surface area contributed by atoms with Gasteiger partial charge in [-0.3, -0.25) is 0 Å². The molecule has 42 heavy (non-hydrogen) atoms. The average molecular weight is 695 g/mol. The molecule has 0 fully saturated rings. The Kier molecular flexibility index (Phi) is 10.4. The Morgan fingerprint density at radius 3 is 1.21 bits per heavy atom. The van der Waals surface area contributed by atoms with Crippen LogP contribution in [0.3, 0.4) is 0 Å². The summed E-state index contributed by atoms with van der Waals surface area (Å²) in [7, 11) is -2.65. The molecule has 1 aliphatic carbocycles. The van der Waals surface area contributed by atoms with E-state index in [4.69, 9.17) is 0 Å². The van der Waals surface area contributed by atoms with Gasteiger partial charge in [-0.1, -0.05) is 0 Å². The Bertz CT molecular complexity index is 1410. The van der Waals surface area contributed by atoms with Crippen molar-refractivity contribution in [3.8, 4) is 11.1 Å². The quantitative estimate of drug-likeness (QED) is 0.193. The van der Waals surface area contributed by atoms with Crippen LogP contribution in [0.25, 0.3) is 11.1 Å². The van der Waals surface area contributed by atoms with Crippen molar-refractivity contribution in [2.75, 3.05) is 0 Å². The zero-order chi connectivity index (χ0) is 29.1. The predicted molar refractivity (Wildman–Crippen MR) is 185 cm³/mol. The summed E-state index contributed by atoms with van der Waals surface area (Å²) in [5.41, 5.74) is 9.09. The second-order valence-electron chi connectivity index (χ2n) is 14.5. The summed E-state index contributed by atoms with van der Waals surface area (Å²) >= 11 is 1.47. The molecule has 4 aromatic carbocycles. The maximum absolute atomic E-state index is 2.87. The molecule has 4 aromatic rings. The van der Waals surface area contributed by atoms with Crippen molar-refractivity contribution >= 4 is 43.4 Å². The summed E-state index contributed by atoms with van der Waals surface area (Å²) in [6.07, 6.45) is 0. The van der Waals surface area contributed by atoms with E-state index in [1.165, 1.54) is 68.8 Å². The van der Waals surface area contributed by atoms with Gasteiger partial charge in [0.2, 0.25) is 0 Å². The van der Waals surface area contributed by atoms with Crippen molar-refractivity contribution in [3.05, 3.63) is 119 Å². The SMILES string of the molecule is CC(C)(C)c1ccc2c(c1)C([Si](c1ccccc1)(c1ccccc1)[N]([Zr])C(C)(C)C)c1cc(C(C)(C)C)ccc1-2.Cl.Cl. The zero-order valence-corrected chi connectivity index (χ0v) is 31.7. The van der Waals surface area contributed by atoms with E-state index in [0.29, 0.717) is 0 Å². The molecule has 1 aliphatic rings. The van der Waals surface area contributed by atoms with Crippen LogP contribution in [0.1, 0.15) is 90.1 Å². The van der Waals surface area contributed by atoms with Gasteiger partial charge in [0.05, 0.1) is 0 Å². The van der Waals surface area contributed by atoms with Crippen molar-refractivity contribution in [2.45, 2.75) is 84.2 Å². The van der Waals surface area contributed by atoms with Crippen molar-refractivity contribution < 1.29 is 25.0 Å². The molecule has 0 bridgehead atoms. The van der Waals surface area contributed by atoms with Crippen LogP contribution in [0.4, 0.5) is 0 Å². The number of fused-ring (bicyclic) bond motifs is 3. The molecule has 0 aliphatic heterocycles. The van der Waals surface area contributed by atoms with Gasteiger partial charge in [-0.25, -0.2) is 0 Å². The first-order valence-corrected chi connectivity index (χ1v) is 17.7. The summed E-state index contributed by atoms with van der Waals surface area (Å²) in [5.74, 6) is 0. The van der Waals surface area contributed by atoms with Crippen molar-refractivity contribution in [2.24, 2.45) is 0 Å². The monoisotopic (exact) mass is 692 g/mol. The van der Waals surface area contributed by atoms with Gasteiger partial charge in [-0.05, 0) is 0 Å². The van der Waals surface area contributed by atoms with Crippen LogP contribution in [-0.2, 0) is 35.8 Å². The van der Waals surface area contributed by atoms with E-state index in [0.717, 1.165) is 0 Å². The molecular formula is C37H46Cl2NSiZr. The largest absolute Gasteiger partial charge is 0.147 e. The van der Waals surface area contributed by atoms with E-state index in [1.54, 1.807) is 0 Å². The summed E-state index contributed by atoms with van der Waals surface area (Å²) < 4.78 is 2.87. The molecule has 0 spiro atoms. The van der Waals surface area contributed by atoms with Crippen LogP contribution in [0, 0.1) is 0 Å². The first kappa shape index (κ1) is 35.0. The third kappa shape index (κ3) is 6.07. The summed E-state index contributed by atoms with van der Waals surface area (Å²) in [6.45, 7) is 21.3. The molecule has 5 rings (SSSR count). The molecule has 0 atom stereocenters. The molecule has 0 N–H and O–H groups in total. The first-order valence-electron chi connectivity index (χ1n) is 14.6. The summed E-state index contributed by atoms with van der Waals surface area (Å²) in [4.78, 5) is 0. The zero-order valence-electron chi connectivity index (χ0n) is 26.6. The van der Waals surface area contributed by atoms with E-state index in [9.17, 15) is 0 Å². The molecule has 0 saturated heterocycles. The minimum absolute atomic E-state index is 0. The average Bonchev–Trinajstić information content (AvgIpc) is 3.22. The molecule has 1 nitrogen and oxygen atoms in total. The summed E-state index contributed by atoms with van der Waals surface area (Å²) in [5, 5.41) is 2.97. The van der Waals surface area contributed by atoms with Gasteiger partial charge in [-0.2, -0.15) is 0 Å². The number of benzene rings is 4. The minimum Gasteiger partial charge on any atom is -0.147 e. The third-order valence-corrected chi connectivity index (χ3v) is 18.1. The molecule has 0 aromatic heterocycles. The molecule has 0 amide bonds. The third-order valence-electron chi connectivity index (χ3n) is 8.62. The van der Waals surface area contributed by atoms with Gasteiger partial charge < -0.3 is 0 Å². The van der Waals surface area contributed by atoms with E-state index in [-0.39, 0.29) is 46.7 Å². The number of rotatable bonds is 4. The van der Waals surface area contributed by atoms with Crippen LogP contribution in [0.5, 0.6) is 0 Å². The second kappa shape index (κ2) is 12.5. The van der Waals surface area contributed by atoms with Crippen molar-refractivity contribution in [1.82, 2.24) is 2.51 Å². The van der Waals surface area contributed by atoms with Gasteiger partial charge in [-0.15, -0.1) is 24.8 Å². The molecule has 5 heteroatoms. The van der Waals surface area contributed by atoms with E-state index < -0.39 is 8.24 Å². The normalized spacial score (nSPS) is 13.6. The van der Waals surface area contributed by atoms with Gasteiger partial charge in [0, 0.05) is 0 Å². The van der Waals surface area contributed by atoms with Crippen molar-refractivity contribution in [1.29, 1.82) is 0 Å². The van der Waals surface area contributed by atoms with Crippen LogP contribution in [-0.4, -0.2) is 16.3 Å². The van der Waals surface area contributed by atoms with Crippen LogP contribution in [0.15, 0.2) is 97.1 Å². The van der Waals surface area contributed by atoms with Gasteiger partial charge >= 0.3 is 261 Å². The number of nitrogens with zero attached hydrogens (tertiary/aromatic N) is 1. The molecule has 0 radical (unpaired) electrons. The molecule has 0 saturated carbocycles. The van der Waals surface area contributed by atoms with Crippen LogP contribution in [0.2, 0.25) is 0 Å².